The van der Waals surface area contributed by atoms with Crippen molar-refractivity contribution in [3.05, 3.63) is 47.5 Å². The van der Waals surface area contributed by atoms with E-state index in [4.69, 9.17) is 4.74 Å². The summed E-state index contributed by atoms with van der Waals surface area (Å²) >= 11 is 0. The summed E-state index contributed by atoms with van der Waals surface area (Å²) in [7, 11) is 0. The molecule has 0 heterocycles. The molecule has 114 valence electrons. The molecule has 0 N–H and O–H groups in total. The summed E-state index contributed by atoms with van der Waals surface area (Å²) in [6.07, 6.45) is 5.96. The lowest BCUT2D eigenvalue weighted by atomic mass is 9.74. The van der Waals surface area contributed by atoms with Gasteiger partial charge in [0.25, 0.3) is 0 Å². The van der Waals surface area contributed by atoms with E-state index in [0.29, 0.717) is 11.5 Å². The van der Waals surface area contributed by atoms with Crippen molar-refractivity contribution >= 4 is 5.97 Å². The largest absolute Gasteiger partial charge is 0.451 e. The minimum Gasteiger partial charge on any atom is -0.451 e. The van der Waals surface area contributed by atoms with Gasteiger partial charge in [0.15, 0.2) is 0 Å². The second-order valence-corrected chi connectivity index (χ2v) is 6.48. The van der Waals surface area contributed by atoms with Crippen molar-refractivity contribution < 1.29 is 9.53 Å². The van der Waals surface area contributed by atoms with Crippen LogP contribution in [0, 0.1) is 12.8 Å². The molecular weight excluding hydrogens is 260 g/mol. The first kappa shape index (κ1) is 15.8. The molecule has 1 aliphatic carbocycles. The van der Waals surface area contributed by atoms with Crippen LogP contribution in [-0.2, 0) is 15.1 Å². The molecule has 0 amide bonds. The molecule has 1 atom stereocenters. The van der Waals surface area contributed by atoms with Crippen molar-refractivity contribution in [2.45, 2.75) is 58.5 Å². The summed E-state index contributed by atoms with van der Waals surface area (Å²) in [5.74, 6) is 0.0981. The zero-order chi connectivity index (χ0) is 15.5. The van der Waals surface area contributed by atoms with E-state index < -0.39 is 5.60 Å². The van der Waals surface area contributed by atoms with Crippen LogP contribution >= 0.6 is 0 Å². The van der Waals surface area contributed by atoms with Crippen LogP contribution in [0.15, 0.2) is 36.4 Å². The van der Waals surface area contributed by atoms with Gasteiger partial charge < -0.3 is 4.74 Å². The molecule has 0 saturated heterocycles. The summed E-state index contributed by atoms with van der Waals surface area (Å²) in [5.41, 5.74) is 2.22. The van der Waals surface area contributed by atoms with Crippen molar-refractivity contribution in [3.8, 4) is 0 Å². The number of hydrogen-bond acceptors (Lipinski definition) is 2. The molecule has 21 heavy (non-hydrogen) atoms. The Bertz CT molecular complexity index is 509. The third-order valence-electron chi connectivity index (χ3n) is 4.66. The smallest absolute Gasteiger partial charge is 0.333 e. The summed E-state index contributed by atoms with van der Waals surface area (Å²) in [4.78, 5) is 12.1. The Hall–Kier alpha value is -1.57. The van der Waals surface area contributed by atoms with Gasteiger partial charge in [-0.1, -0.05) is 55.7 Å². The highest BCUT2D eigenvalue weighted by atomic mass is 16.6. The van der Waals surface area contributed by atoms with Gasteiger partial charge >= 0.3 is 5.97 Å². The van der Waals surface area contributed by atoms with Crippen molar-refractivity contribution in [1.82, 2.24) is 0 Å². The fraction of sp³-hybridized carbons (Fsp3) is 0.526. The van der Waals surface area contributed by atoms with Crippen LogP contribution in [0.1, 0.15) is 57.1 Å². The quantitative estimate of drug-likeness (QED) is 0.580. The Morgan fingerprint density at radius 1 is 1.19 bits per heavy atom. The Morgan fingerprint density at radius 3 is 2.29 bits per heavy atom. The first-order valence-electron chi connectivity index (χ1n) is 7.89. The Morgan fingerprint density at radius 2 is 1.76 bits per heavy atom. The molecule has 2 nitrogen and oxygen atoms in total. The average molecular weight is 286 g/mol. The number of carbonyl (C=O) groups excluding carboxylic acids is 1. The summed E-state index contributed by atoms with van der Waals surface area (Å²) < 4.78 is 5.93. The van der Waals surface area contributed by atoms with E-state index in [0.717, 1.165) is 18.4 Å². The van der Waals surface area contributed by atoms with E-state index in [9.17, 15) is 4.79 Å². The van der Waals surface area contributed by atoms with Crippen LogP contribution in [0.3, 0.4) is 0 Å². The van der Waals surface area contributed by atoms with Gasteiger partial charge in [-0.05, 0) is 39.2 Å². The molecule has 0 aliphatic heterocycles. The Labute approximate surface area is 128 Å². The van der Waals surface area contributed by atoms with Crippen LogP contribution in [0.4, 0.5) is 0 Å². The summed E-state index contributed by atoms with van der Waals surface area (Å²) in [6.45, 7) is 9.56. The number of rotatable bonds is 4. The van der Waals surface area contributed by atoms with E-state index >= 15 is 0 Å². The second kappa shape index (κ2) is 6.46. The minimum atomic E-state index is -0.551. The second-order valence-electron chi connectivity index (χ2n) is 6.48. The Kier molecular flexibility index (Phi) is 4.87. The fourth-order valence-electron chi connectivity index (χ4n) is 3.20. The molecule has 1 fully saturated rings. The maximum absolute atomic E-state index is 12.1. The van der Waals surface area contributed by atoms with Crippen LogP contribution < -0.4 is 0 Å². The molecule has 2 heteroatoms. The van der Waals surface area contributed by atoms with Gasteiger partial charge in [0.05, 0.1) is 0 Å². The number of benzene rings is 1. The first-order valence-corrected chi connectivity index (χ1v) is 7.89. The number of aryl methyl sites for hydroxylation is 1. The van der Waals surface area contributed by atoms with E-state index in [2.05, 4.69) is 44.7 Å². The van der Waals surface area contributed by atoms with E-state index in [-0.39, 0.29) is 5.97 Å². The lowest BCUT2D eigenvalue weighted by molar-refractivity contribution is -0.162. The van der Waals surface area contributed by atoms with Crippen LogP contribution in [0.5, 0.6) is 0 Å². The normalized spacial score (nSPS) is 18.8. The lowest BCUT2D eigenvalue weighted by Crippen LogP contribution is -2.38. The highest BCUT2D eigenvalue weighted by Crippen LogP contribution is 2.42. The molecule has 1 aliphatic rings. The number of carbonyl (C=O) groups is 1. The number of ether oxygens (including phenoxy) is 1. The molecule has 0 aromatic heterocycles. The molecule has 1 saturated carbocycles. The molecule has 0 radical (unpaired) electrons. The molecule has 0 spiro atoms. The fourth-order valence-corrected chi connectivity index (χ4v) is 3.20. The van der Waals surface area contributed by atoms with E-state index in [1.165, 1.54) is 24.8 Å². The highest BCUT2D eigenvalue weighted by Gasteiger charge is 2.40. The summed E-state index contributed by atoms with van der Waals surface area (Å²) in [6, 6.07) is 8.36. The predicted octanol–water partition coefficient (Wildman–Crippen LogP) is 4.91. The third-order valence-corrected chi connectivity index (χ3v) is 4.66. The third kappa shape index (κ3) is 3.55. The van der Waals surface area contributed by atoms with Crippen molar-refractivity contribution in [2.75, 3.05) is 0 Å². The monoisotopic (exact) mass is 286 g/mol. The topological polar surface area (TPSA) is 26.3 Å². The van der Waals surface area contributed by atoms with Crippen LogP contribution in [0.2, 0.25) is 0 Å². The molecule has 1 aromatic rings. The maximum Gasteiger partial charge on any atom is 0.333 e. The van der Waals surface area contributed by atoms with Crippen LogP contribution in [0.25, 0.3) is 0 Å². The van der Waals surface area contributed by atoms with Gasteiger partial charge in [-0.25, -0.2) is 4.79 Å². The molecule has 0 bridgehead atoms. The van der Waals surface area contributed by atoms with Gasteiger partial charge in [-0.3, -0.25) is 0 Å². The van der Waals surface area contributed by atoms with Crippen molar-refractivity contribution in [1.29, 1.82) is 0 Å². The standard InChI is InChI=1S/C19H26O2/c1-14(2)18(20)21-19(4,16-8-6-5-7-9-16)17-12-10-15(3)11-13-17/h10-13,16H,1,5-9H2,2-4H3. The van der Waals surface area contributed by atoms with Gasteiger partial charge in [0.1, 0.15) is 5.60 Å². The van der Waals surface area contributed by atoms with Gasteiger partial charge in [0.2, 0.25) is 0 Å². The zero-order valence-corrected chi connectivity index (χ0v) is 13.4. The van der Waals surface area contributed by atoms with Crippen molar-refractivity contribution in [3.63, 3.8) is 0 Å². The zero-order valence-electron chi connectivity index (χ0n) is 13.4. The van der Waals surface area contributed by atoms with Gasteiger partial charge in [0, 0.05) is 11.5 Å². The van der Waals surface area contributed by atoms with E-state index in [1.54, 1.807) is 6.92 Å². The van der Waals surface area contributed by atoms with E-state index in [1.807, 2.05) is 0 Å². The molecule has 1 aromatic carbocycles. The maximum atomic E-state index is 12.1. The predicted molar refractivity (Wildman–Crippen MR) is 86.0 cm³/mol. The lowest BCUT2D eigenvalue weighted by Gasteiger charge is -2.40. The van der Waals surface area contributed by atoms with Gasteiger partial charge in [-0.2, -0.15) is 0 Å². The Balaban J connectivity index is 2.34. The SMILES string of the molecule is C=C(C)C(=O)OC(C)(c1ccc(C)cc1)C1CCCCC1. The number of esters is 1. The highest BCUT2D eigenvalue weighted by molar-refractivity contribution is 5.87. The van der Waals surface area contributed by atoms with Crippen LogP contribution in [-0.4, -0.2) is 5.97 Å². The van der Waals surface area contributed by atoms with Gasteiger partial charge in [-0.15, -0.1) is 0 Å². The molecule has 2 rings (SSSR count). The molecular formula is C19H26O2. The molecule has 1 unspecified atom stereocenters. The first-order chi connectivity index (χ1) is 9.93. The average Bonchev–Trinajstić information content (AvgIpc) is 2.48. The minimum absolute atomic E-state index is 0.288. The number of hydrogen-bond donors (Lipinski definition) is 0. The summed E-state index contributed by atoms with van der Waals surface area (Å²) in [5, 5.41) is 0. The van der Waals surface area contributed by atoms with Crippen molar-refractivity contribution in [2.24, 2.45) is 5.92 Å².